The summed E-state index contributed by atoms with van der Waals surface area (Å²) in [4.78, 5) is 17.2. The van der Waals surface area contributed by atoms with Gasteiger partial charge in [0.05, 0.1) is 7.11 Å². The average molecular weight is 317 g/mol. The third-order valence-corrected chi connectivity index (χ3v) is 4.95. The number of hydrogen-bond acceptors (Lipinski definition) is 3. The molecule has 1 aromatic carbocycles. The predicted molar refractivity (Wildman–Crippen MR) is 92.0 cm³/mol. The Morgan fingerprint density at radius 3 is 2.96 bits per heavy atom. The number of rotatable bonds is 4. The van der Waals surface area contributed by atoms with Crippen molar-refractivity contribution in [2.45, 2.75) is 32.2 Å². The first-order chi connectivity index (χ1) is 11.2. The maximum atomic E-state index is 12.7. The Bertz CT molecular complexity index is 549. The van der Waals surface area contributed by atoms with Gasteiger partial charge >= 0.3 is 6.03 Å². The monoisotopic (exact) mass is 317 g/mol. The van der Waals surface area contributed by atoms with E-state index in [0.29, 0.717) is 12.0 Å². The molecule has 0 aliphatic carbocycles. The van der Waals surface area contributed by atoms with Crippen LogP contribution in [0.2, 0.25) is 0 Å². The molecule has 3 aliphatic rings. The van der Waals surface area contributed by atoms with Gasteiger partial charge in [-0.2, -0.15) is 0 Å². The Hall–Kier alpha value is -1.75. The number of anilines is 1. The molecule has 3 heterocycles. The van der Waals surface area contributed by atoms with E-state index in [9.17, 15) is 4.79 Å². The molecule has 3 fully saturated rings. The van der Waals surface area contributed by atoms with Crippen LogP contribution in [0.4, 0.5) is 10.5 Å². The standard InChI is InChI=1S/C18H27N3O2/c1-3-9-20-11-14-7-8-16(20)13-21(12-14)18(22)19-15-5-4-6-17(10-15)23-2/h4-6,10,14,16H,3,7-9,11-13H2,1-2H3,(H,19,22)/t14-,16-/m1/s1. The number of fused-ring (bicyclic) bond motifs is 4. The van der Waals surface area contributed by atoms with Crippen LogP contribution in [0.5, 0.6) is 5.75 Å². The molecule has 4 rings (SSSR count). The van der Waals surface area contributed by atoms with Crippen molar-refractivity contribution in [2.75, 3.05) is 38.6 Å². The maximum Gasteiger partial charge on any atom is 0.321 e. The smallest absolute Gasteiger partial charge is 0.321 e. The van der Waals surface area contributed by atoms with Crippen molar-refractivity contribution in [1.29, 1.82) is 0 Å². The molecule has 23 heavy (non-hydrogen) atoms. The molecule has 1 aromatic rings. The first-order valence-corrected chi connectivity index (χ1v) is 8.63. The zero-order valence-electron chi connectivity index (χ0n) is 14.1. The third kappa shape index (κ3) is 3.78. The fourth-order valence-corrected chi connectivity index (χ4v) is 3.81. The van der Waals surface area contributed by atoms with Gasteiger partial charge in [0.2, 0.25) is 0 Å². The highest BCUT2D eigenvalue weighted by molar-refractivity contribution is 5.89. The van der Waals surface area contributed by atoms with Crippen molar-refractivity contribution < 1.29 is 9.53 Å². The Morgan fingerprint density at radius 2 is 2.17 bits per heavy atom. The molecule has 0 aromatic heterocycles. The Morgan fingerprint density at radius 1 is 1.30 bits per heavy atom. The lowest BCUT2D eigenvalue weighted by atomic mass is 9.95. The van der Waals surface area contributed by atoms with Crippen LogP contribution < -0.4 is 10.1 Å². The minimum Gasteiger partial charge on any atom is -0.497 e. The summed E-state index contributed by atoms with van der Waals surface area (Å²) in [5.74, 6) is 1.37. The summed E-state index contributed by atoms with van der Waals surface area (Å²) in [6.07, 6.45) is 3.64. The van der Waals surface area contributed by atoms with Gasteiger partial charge in [-0.1, -0.05) is 13.0 Å². The first kappa shape index (κ1) is 16.1. The van der Waals surface area contributed by atoms with Crippen molar-refractivity contribution in [3.8, 4) is 5.75 Å². The van der Waals surface area contributed by atoms with Gasteiger partial charge in [-0.3, -0.25) is 4.90 Å². The van der Waals surface area contributed by atoms with Gasteiger partial charge in [0.1, 0.15) is 5.75 Å². The summed E-state index contributed by atoms with van der Waals surface area (Å²) in [5, 5.41) is 3.02. The van der Waals surface area contributed by atoms with Crippen LogP contribution in [0.25, 0.3) is 0 Å². The molecule has 0 saturated carbocycles. The highest BCUT2D eigenvalue weighted by Crippen LogP contribution is 2.28. The van der Waals surface area contributed by atoms with Crippen molar-refractivity contribution in [2.24, 2.45) is 5.92 Å². The van der Waals surface area contributed by atoms with Crippen LogP contribution in [0.1, 0.15) is 26.2 Å². The van der Waals surface area contributed by atoms with E-state index < -0.39 is 0 Å². The highest BCUT2D eigenvalue weighted by atomic mass is 16.5. The Balaban J connectivity index is 1.65. The number of urea groups is 1. The van der Waals surface area contributed by atoms with Crippen LogP contribution >= 0.6 is 0 Å². The topological polar surface area (TPSA) is 44.8 Å². The molecule has 2 atom stereocenters. The second-order valence-corrected chi connectivity index (χ2v) is 6.66. The number of hydrogen-bond donors (Lipinski definition) is 1. The molecule has 126 valence electrons. The predicted octanol–water partition coefficient (Wildman–Crippen LogP) is 3.03. The van der Waals surface area contributed by atoms with Crippen LogP contribution in [0.15, 0.2) is 24.3 Å². The van der Waals surface area contributed by atoms with Crippen LogP contribution in [-0.2, 0) is 0 Å². The molecule has 2 amide bonds. The molecule has 0 unspecified atom stereocenters. The van der Waals surface area contributed by atoms with Gasteiger partial charge in [-0.05, 0) is 43.9 Å². The zero-order valence-corrected chi connectivity index (χ0v) is 14.1. The lowest BCUT2D eigenvalue weighted by molar-refractivity contribution is 0.132. The summed E-state index contributed by atoms with van der Waals surface area (Å²) >= 11 is 0. The molecule has 0 radical (unpaired) electrons. The van der Waals surface area contributed by atoms with Gasteiger partial charge in [-0.15, -0.1) is 0 Å². The number of benzene rings is 1. The van der Waals surface area contributed by atoms with Crippen LogP contribution in [0, 0.1) is 5.92 Å². The highest BCUT2D eigenvalue weighted by Gasteiger charge is 2.35. The Kier molecular flexibility index (Phi) is 5.06. The van der Waals surface area contributed by atoms with E-state index in [0.717, 1.165) is 37.6 Å². The van der Waals surface area contributed by atoms with E-state index in [2.05, 4.69) is 17.1 Å². The fraction of sp³-hybridized carbons (Fsp3) is 0.611. The lowest BCUT2D eigenvalue weighted by Crippen LogP contribution is -2.45. The molecule has 0 spiro atoms. The first-order valence-electron chi connectivity index (χ1n) is 8.63. The third-order valence-electron chi connectivity index (χ3n) is 4.95. The van der Waals surface area contributed by atoms with E-state index in [1.54, 1.807) is 7.11 Å². The van der Waals surface area contributed by atoms with Crippen LogP contribution in [-0.4, -0.2) is 55.2 Å². The van der Waals surface area contributed by atoms with E-state index in [4.69, 9.17) is 4.74 Å². The van der Waals surface area contributed by atoms with Gasteiger partial charge in [-0.25, -0.2) is 4.79 Å². The second-order valence-electron chi connectivity index (χ2n) is 6.66. The van der Waals surface area contributed by atoms with Crippen LogP contribution in [0.3, 0.4) is 0 Å². The maximum absolute atomic E-state index is 12.7. The molecule has 2 bridgehead atoms. The summed E-state index contributed by atoms with van der Waals surface area (Å²) in [6.45, 7) is 6.22. The largest absolute Gasteiger partial charge is 0.497 e. The number of carbonyl (C=O) groups is 1. The molecule has 5 nitrogen and oxygen atoms in total. The summed E-state index contributed by atoms with van der Waals surface area (Å²) in [6, 6.07) is 8.05. The van der Waals surface area contributed by atoms with E-state index >= 15 is 0 Å². The minimum absolute atomic E-state index is 0.00787. The number of nitrogens with one attached hydrogen (secondary N) is 1. The van der Waals surface area contributed by atoms with Crippen molar-refractivity contribution in [3.05, 3.63) is 24.3 Å². The van der Waals surface area contributed by atoms with Gasteiger partial charge in [0, 0.05) is 37.4 Å². The average Bonchev–Trinajstić information content (AvgIpc) is 2.87. The van der Waals surface area contributed by atoms with Crippen molar-refractivity contribution in [3.63, 3.8) is 0 Å². The molecule has 1 N–H and O–H groups in total. The second kappa shape index (κ2) is 7.21. The summed E-state index contributed by atoms with van der Waals surface area (Å²) < 4.78 is 5.22. The lowest BCUT2D eigenvalue weighted by Gasteiger charge is -2.35. The number of nitrogens with zero attached hydrogens (tertiary/aromatic N) is 2. The number of methoxy groups -OCH3 is 1. The fourth-order valence-electron chi connectivity index (χ4n) is 3.81. The quantitative estimate of drug-likeness (QED) is 0.928. The number of piperidine rings is 1. The number of ether oxygens (including phenoxy) is 1. The van der Waals surface area contributed by atoms with Gasteiger partial charge < -0.3 is 15.0 Å². The van der Waals surface area contributed by atoms with E-state index in [1.165, 1.54) is 19.3 Å². The Labute approximate surface area is 138 Å². The molecular weight excluding hydrogens is 290 g/mol. The number of carbonyl (C=O) groups excluding carboxylic acids is 1. The minimum atomic E-state index is 0.00787. The number of amides is 2. The van der Waals surface area contributed by atoms with Gasteiger partial charge in [0.25, 0.3) is 0 Å². The van der Waals surface area contributed by atoms with E-state index in [1.807, 2.05) is 29.2 Å². The van der Waals surface area contributed by atoms with Gasteiger partial charge in [0.15, 0.2) is 0 Å². The molecule has 3 aliphatic heterocycles. The van der Waals surface area contributed by atoms with Crippen molar-refractivity contribution >= 4 is 11.7 Å². The summed E-state index contributed by atoms with van der Waals surface area (Å²) in [7, 11) is 1.63. The molecular formula is C18H27N3O2. The molecule has 5 heteroatoms. The zero-order chi connectivity index (χ0) is 16.2. The molecule has 3 saturated heterocycles. The van der Waals surface area contributed by atoms with E-state index in [-0.39, 0.29) is 6.03 Å². The van der Waals surface area contributed by atoms with Crippen molar-refractivity contribution in [1.82, 2.24) is 9.80 Å². The SMILES string of the molecule is CCCN1C[C@H]2CC[C@@H]1CN(C(=O)Nc1cccc(OC)c1)C2. The summed E-state index contributed by atoms with van der Waals surface area (Å²) in [5.41, 5.74) is 0.788. The normalized spacial score (nSPS) is 24.3.